The Morgan fingerprint density at radius 3 is 2.41 bits per heavy atom. The third-order valence-electron chi connectivity index (χ3n) is 7.76. The van der Waals surface area contributed by atoms with Crippen LogP contribution in [-0.4, -0.2) is 56.1 Å². The molecule has 2 saturated carbocycles. The number of carbonyl (C=O) groups excluding carboxylic acids is 2. The number of amides is 2. The van der Waals surface area contributed by atoms with Gasteiger partial charge in [-0.15, -0.1) is 10.2 Å². The average molecular weight is 535 g/mol. The number of nitrogens with zero attached hydrogens (tertiary/aromatic N) is 5. The maximum absolute atomic E-state index is 14.3. The fraction of sp³-hybridized carbons (Fsp3) is 0.483. The van der Waals surface area contributed by atoms with Gasteiger partial charge in [-0.05, 0) is 60.7 Å². The Balaban J connectivity index is 1.44. The van der Waals surface area contributed by atoms with Gasteiger partial charge in [-0.3, -0.25) is 9.59 Å². The molecule has 1 N–H and O–H groups in total. The lowest BCUT2D eigenvalue weighted by atomic mass is 9.94. The second-order valence-corrected chi connectivity index (χ2v) is 10.4. The molecule has 2 aliphatic rings. The van der Waals surface area contributed by atoms with Gasteiger partial charge in [0.15, 0.2) is 0 Å². The molecule has 2 fully saturated rings. The maximum Gasteiger partial charge on any atom is 0.247 e. The first-order valence-electron chi connectivity index (χ1n) is 13.8. The van der Waals surface area contributed by atoms with Crippen LogP contribution in [0, 0.1) is 5.82 Å². The van der Waals surface area contributed by atoms with Gasteiger partial charge in [-0.25, -0.2) is 4.39 Å². The molecule has 39 heavy (non-hydrogen) atoms. The first kappa shape index (κ1) is 26.8. The Labute approximate surface area is 227 Å². The number of hydrogen-bond donors (Lipinski definition) is 1. The highest BCUT2D eigenvalue weighted by molar-refractivity contribution is 5.89. The first-order valence-corrected chi connectivity index (χ1v) is 13.8. The smallest absolute Gasteiger partial charge is 0.247 e. The second kappa shape index (κ2) is 12.4. The third kappa shape index (κ3) is 6.26. The molecule has 1 heterocycles. The molecule has 0 bridgehead atoms. The molecule has 2 aliphatic carbocycles. The zero-order valence-electron chi connectivity index (χ0n) is 22.3. The maximum atomic E-state index is 14.3. The molecule has 0 spiro atoms. The van der Waals surface area contributed by atoms with Crippen LogP contribution < -0.4 is 10.1 Å². The Bertz CT molecular complexity index is 1270. The summed E-state index contributed by atoms with van der Waals surface area (Å²) in [6, 6.07) is 12.7. The molecule has 10 heteroatoms. The number of aromatic nitrogens is 4. The summed E-state index contributed by atoms with van der Waals surface area (Å²) in [5.41, 5.74) is 0.940. The third-order valence-corrected chi connectivity index (χ3v) is 7.76. The van der Waals surface area contributed by atoms with E-state index in [2.05, 4.69) is 20.7 Å². The standard InChI is InChI=1S/C29H35FN6O3/c1-39-23-17-15-20(16-18-23)27(29(38)31-21-9-3-2-4-10-21)36(22-11-5-6-12-22)26(37)19-35-33-28(32-34-35)24-13-7-8-14-25(24)30/h7-8,13-18,21-22,27H,2-6,9-12,19H2,1H3,(H,31,38). The first-order chi connectivity index (χ1) is 19.0. The highest BCUT2D eigenvalue weighted by atomic mass is 19.1. The van der Waals surface area contributed by atoms with Gasteiger partial charge in [0.25, 0.3) is 0 Å². The van der Waals surface area contributed by atoms with Gasteiger partial charge in [-0.2, -0.15) is 4.80 Å². The largest absolute Gasteiger partial charge is 0.497 e. The summed E-state index contributed by atoms with van der Waals surface area (Å²) in [5.74, 6) is -0.133. The van der Waals surface area contributed by atoms with Gasteiger partial charge in [0.1, 0.15) is 24.2 Å². The lowest BCUT2D eigenvalue weighted by Gasteiger charge is -2.37. The summed E-state index contributed by atoms with van der Waals surface area (Å²) in [7, 11) is 1.59. The van der Waals surface area contributed by atoms with Gasteiger partial charge in [0.05, 0.1) is 12.7 Å². The zero-order valence-corrected chi connectivity index (χ0v) is 22.3. The minimum Gasteiger partial charge on any atom is -0.497 e. The number of benzene rings is 2. The van der Waals surface area contributed by atoms with Crippen molar-refractivity contribution in [2.24, 2.45) is 0 Å². The molecule has 0 radical (unpaired) electrons. The summed E-state index contributed by atoms with van der Waals surface area (Å²) < 4.78 is 19.6. The van der Waals surface area contributed by atoms with Gasteiger partial charge in [0, 0.05) is 12.1 Å². The van der Waals surface area contributed by atoms with Crippen LogP contribution in [0.25, 0.3) is 11.4 Å². The van der Waals surface area contributed by atoms with Gasteiger partial charge in [-0.1, -0.05) is 56.4 Å². The molecule has 3 aromatic rings. The topological polar surface area (TPSA) is 102 Å². The summed E-state index contributed by atoms with van der Waals surface area (Å²) in [6.07, 6.45) is 8.87. The number of hydrogen-bond acceptors (Lipinski definition) is 6. The predicted molar refractivity (Wildman–Crippen MR) is 143 cm³/mol. The molecule has 2 amide bonds. The van der Waals surface area contributed by atoms with Crippen molar-refractivity contribution in [1.29, 1.82) is 0 Å². The molecule has 1 aromatic heterocycles. The number of methoxy groups -OCH3 is 1. The molecule has 2 aromatic carbocycles. The minimum atomic E-state index is -0.803. The highest BCUT2D eigenvalue weighted by Crippen LogP contribution is 2.33. The van der Waals surface area contributed by atoms with Crippen LogP contribution in [-0.2, 0) is 16.1 Å². The molecule has 5 rings (SSSR count). The Hall–Kier alpha value is -3.82. The number of nitrogens with one attached hydrogen (secondary N) is 1. The van der Waals surface area contributed by atoms with Crippen LogP contribution in [0.5, 0.6) is 5.75 Å². The SMILES string of the molecule is COc1ccc(C(C(=O)NC2CCCCC2)N(C(=O)Cn2nnc(-c3ccccc3F)n2)C2CCCC2)cc1. The number of halogens is 1. The van der Waals surface area contributed by atoms with Crippen LogP contribution in [0.4, 0.5) is 4.39 Å². The number of rotatable bonds is 9. The second-order valence-electron chi connectivity index (χ2n) is 10.4. The summed E-state index contributed by atoms with van der Waals surface area (Å²) in [5, 5.41) is 15.5. The van der Waals surface area contributed by atoms with Gasteiger partial charge >= 0.3 is 0 Å². The number of ether oxygens (including phenoxy) is 1. The van der Waals surface area contributed by atoms with Crippen molar-refractivity contribution in [3.05, 3.63) is 59.9 Å². The summed E-state index contributed by atoms with van der Waals surface area (Å²) in [4.78, 5) is 30.8. The van der Waals surface area contributed by atoms with Crippen molar-refractivity contribution in [2.45, 2.75) is 82.5 Å². The van der Waals surface area contributed by atoms with E-state index in [-0.39, 0.29) is 41.8 Å². The van der Waals surface area contributed by atoms with E-state index in [1.54, 1.807) is 30.2 Å². The summed E-state index contributed by atoms with van der Waals surface area (Å²) in [6.45, 7) is -0.207. The minimum absolute atomic E-state index is 0.0868. The van der Waals surface area contributed by atoms with Crippen molar-refractivity contribution >= 4 is 11.8 Å². The monoisotopic (exact) mass is 534 g/mol. The van der Waals surface area contributed by atoms with Crippen LogP contribution in [0.3, 0.4) is 0 Å². The van der Waals surface area contributed by atoms with Crippen LogP contribution in [0.1, 0.15) is 69.4 Å². The molecule has 9 nitrogen and oxygen atoms in total. The lowest BCUT2D eigenvalue weighted by Crippen LogP contribution is -2.51. The fourth-order valence-corrected chi connectivity index (χ4v) is 5.76. The van der Waals surface area contributed by atoms with E-state index >= 15 is 0 Å². The Morgan fingerprint density at radius 1 is 1.03 bits per heavy atom. The van der Waals surface area contributed by atoms with E-state index in [1.807, 2.05) is 24.3 Å². The number of tetrazole rings is 1. The van der Waals surface area contributed by atoms with Crippen LogP contribution >= 0.6 is 0 Å². The van der Waals surface area contributed by atoms with Crippen molar-refractivity contribution in [3.63, 3.8) is 0 Å². The molecular weight excluding hydrogens is 499 g/mol. The Morgan fingerprint density at radius 2 is 1.72 bits per heavy atom. The van der Waals surface area contributed by atoms with E-state index in [4.69, 9.17) is 4.74 Å². The van der Waals surface area contributed by atoms with E-state index in [9.17, 15) is 14.0 Å². The normalized spacial score (nSPS) is 17.1. The molecular formula is C29H35FN6O3. The summed E-state index contributed by atoms with van der Waals surface area (Å²) >= 11 is 0. The van der Waals surface area contributed by atoms with Gasteiger partial charge in [0.2, 0.25) is 17.6 Å². The molecule has 0 saturated heterocycles. The van der Waals surface area contributed by atoms with E-state index < -0.39 is 11.9 Å². The van der Waals surface area contributed by atoms with Crippen molar-refractivity contribution in [1.82, 2.24) is 30.4 Å². The van der Waals surface area contributed by atoms with Crippen LogP contribution in [0.15, 0.2) is 48.5 Å². The van der Waals surface area contributed by atoms with Crippen molar-refractivity contribution in [3.8, 4) is 17.1 Å². The van der Waals surface area contributed by atoms with Crippen LogP contribution in [0.2, 0.25) is 0 Å². The molecule has 1 atom stereocenters. The Kier molecular flexibility index (Phi) is 8.48. The van der Waals surface area contributed by atoms with E-state index in [0.717, 1.165) is 56.9 Å². The van der Waals surface area contributed by atoms with E-state index in [0.29, 0.717) is 5.75 Å². The quantitative estimate of drug-likeness (QED) is 0.435. The lowest BCUT2D eigenvalue weighted by molar-refractivity contribution is -0.144. The van der Waals surface area contributed by atoms with E-state index in [1.165, 1.54) is 17.3 Å². The highest BCUT2D eigenvalue weighted by Gasteiger charge is 2.38. The van der Waals surface area contributed by atoms with Crippen molar-refractivity contribution in [2.75, 3.05) is 7.11 Å². The molecule has 1 unspecified atom stereocenters. The fourth-order valence-electron chi connectivity index (χ4n) is 5.76. The number of carbonyl (C=O) groups is 2. The van der Waals surface area contributed by atoms with Crippen molar-refractivity contribution < 1.29 is 18.7 Å². The average Bonchev–Trinajstić information content (AvgIpc) is 3.65. The zero-order chi connectivity index (χ0) is 27.2. The molecule has 206 valence electrons. The van der Waals surface area contributed by atoms with Gasteiger partial charge < -0.3 is 15.0 Å². The molecule has 0 aliphatic heterocycles. The predicted octanol–water partition coefficient (Wildman–Crippen LogP) is 4.45.